The average Bonchev–Trinajstić information content (AvgIpc) is 2.92. The smallest absolute Gasteiger partial charge is 0.179 e. The van der Waals surface area contributed by atoms with Gasteiger partial charge in [0.2, 0.25) is 0 Å². The summed E-state index contributed by atoms with van der Waals surface area (Å²) in [5.41, 5.74) is 2.11. The van der Waals surface area contributed by atoms with Crippen molar-refractivity contribution in [2.24, 2.45) is 0 Å². The van der Waals surface area contributed by atoms with Crippen molar-refractivity contribution >= 4 is 27.9 Å². The molecule has 0 bridgehead atoms. The predicted octanol–water partition coefficient (Wildman–Crippen LogP) is 2.09. The zero-order valence-corrected chi connectivity index (χ0v) is 8.25. The molecule has 1 N–H and O–H groups in total. The first-order chi connectivity index (χ1) is 7.38. The summed E-state index contributed by atoms with van der Waals surface area (Å²) in [6, 6.07) is 3.48. The van der Waals surface area contributed by atoms with E-state index in [0.29, 0.717) is 16.2 Å². The third kappa shape index (κ3) is 1.18. The molecule has 15 heavy (non-hydrogen) atoms. The van der Waals surface area contributed by atoms with Crippen molar-refractivity contribution in [2.45, 2.75) is 0 Å². The van der Waals surface area contributed by atoms with Gasteiger partial charge in [0.25, 0.3) is 0 Å². The lowest BCUT2D eigenvalue weighted by Gasteiger charge is -1.85. The fraction of sp³-hybridized carbons (Fsp3) is 0. The second kappa shape index (κ2) is 3.03. The number of thiophene rings is 1. The molecule has 0 atom stereocenters. The second-order valence-electron chi connectivity index (χ2n) is 2.96. The first-order valence-electron chi connectivity index (χ1n) is 4.22. The molecule has 3 rings (SSSR count). The summed E-state index contributed by atoms with van der Waals surface area (Å²) in [6.07, 6.45) is 2.45. The second-order valence-corrected chi connectivity index (χ2v) is 4.05. The van der Waals surface area contributed by atoms with Gasteiger partial charge in [-0.2, -0.15) is 5.10 Å². The number of hydrogen-bond donors (Lipinski definition) is 1. The summed E-state index contributed by atoms with van der Waals surface area (Å²) in [5.74, 6) is 0. The van der Waals surface area contributed by atoms with Gasteiger partial charge in [-0.05, 0) is 6.07 Å². The van der Waals surface area contributed by atoms with Crippen LogP contribution in [0.25, 0.3) is 21.7 Å². The van der Waals surface area contributed by atoms with Gasteiger partial charge in [-0.1, -0.05) is 5.16 Å². The maximum absolute atomic E-state index is 10.6. The van der Waals surface area contributed by atoms with E-state index in [1.165, 1.54) is 11.3 Å². The molecule has 0 aliphatic carbocycles. The Balaban J connectivity index is 2.27. The van der Waals surface area contributed by atoms with Gasteiger partial charge in [0.1, 0.15) is 10.4 Å². The molecule has 0 fully saturated rings. The van der Waals surface area contributed by atoms with Crippen LogP contribution in [-0.4, -0.2) is 21.6 Å². The molecule has 0 saturated carbocycles. The molecular formula is C9H5N3O2S. The Morgan fingerprint density at radius 3 is 3.20 bits per heavy atom. The van der Waals surface area contributed by atoms with Crippen LogP contribution in [0.1, 0.15) is 9.67 Å². The van der Waals surface area contributed by atoms with Gasteiger partial charge in [-0.3, -0.25) is 9.89 Å². The fourth-order valence-electron chi connectivity index (χ4n) is 1.38. The first-order valence-corrected chi connectivity index (χ1v) is 5.04. The van der Waals surface area contributed by atoms with Crippen LogP contribution in [0.5, 0.6) is 0 Å². The largest absolute Gasteiger partial charge is 0.355 e. The SMILES string of the molecule is O=Cc1cc2onc(-c3ccn[nH]3)c2s1. The summed E-state index contributed by atoms with van der Waals surface area (Å²) in [5, 5.41) is 10.6. The Labute approximate surface area is 87.7 Å². The van der Waals surface area contributed by atoms with Crippen LogP contribution < -0.4 is 0 Å². The molecule has 0 amide bonds. The van der Waals surface area contributed by atoms with Crippen molar-refractivity contribution in [1.82, 2.24) is 15.4 Å². The molecular weight excluding hydrogens is 214 g/mol. The number of nitrogens with one attached hydrogen (secondary N) is 1. The highest BCUT2D eigenvalue weighted by molar-refractivity contribution is 7.20. The van der Waals surface area contributed by atoms with Crippen molar-refractivity contribution < 1.29 is 9.32 Å². The van der Waals surface area contributed by atoms with Crippen LogP contribution in [0.2, 0.25) is 0 Å². The summed E-state index contributed by atoms with van der Waals surface area (Å²) in [4.78, 5) is 11.2. The number of hydrogen-bond acceptors (Lipinski definition) is 5. The van der Waals surface area contributed by atoms with E-state index in [2.05, 4.69) is 15.4 Å². The monoisotopic (exact) mass is 219 g/mol. The first kappa shape index (κ1) is 8.37. The van der Waals surface area contributed by atoms with E-state index in [9.17, 15) is 4.79 Å². The highest BCUT2D eigenvalue weighted by Gasteiger charge is 2.14. The summed E-state index contributed by atoms with van der Waals surface area (Å²) in [7, 11) is 0. The van der Waals surface area contributed by atoms with Gasteiger partial charge in [-0.15, -0.1) is 11.3 Å². The van der Waals surface area contributed by atoms with Gasteiger partial charge in [0, 0.05) is 12.3 Å². The van der Waals surface area contributed by atoms with Crippen molar-refractivity contribution in [1.29, 1.82) is 0 Å². The van der Waals surface area contributed by atoms with Crippen LogP contribution in [-0.2, 0) is 0 Å². The van der Waals surface area contributed by atoms with Gasteiger partial charge in [0.15, 0.2) is 11.9 Å². The van der Waals surface area contributed by atoms with Crippen LogP contribution in [0.15, 0.2) is 22.9 Å². The molecule has 3 aromatic heterocycles. The maximum Gasteiger partial charge on any atom is 0.179 e. The van der Waals surface area contributed by atoms with Crippen LogP contribution in [0, 0.1) is 0 Å². The topological polar surface area (TPSA) is 71.8 Å². The summed E-state index contributed by atoms with van der Waals surface area (Å²) in [6.45, 7) is 0. The Morgan fingerprint density at radius 1 is 1.53 bits per heavy atom. The van der Waals surface area contributed by atoms with Crippen molar-refractivity contribution in [3.63, 3.8) is 0 Å². The van der Waals surface area contributed by atoms with E-state index in [-0.39, 0.29) is 0 Å². The molecule has 0 saturated heterocycles. The molecule has 3 aromatic rings. The zero-order valence-electron chi connectivity index (χ0n) is 7.43. The lowest BCUT2D eigenvalue weighted by atomic mass is 10.3. The Bertz CT molecular complexity index is 608. The summed E-state index contributed by atoms with van der Waals surface area (Å²) < 4.78 is 5.97. The van der Waals surface area contributed by atoms with E-state index in [1.54, 1.807) is 18.3 Å². The number of fused-ring (bicyclic) bond motifs is 1. The summed E-state index contributed by atoms with van der Waals surface area (Å²) >= 11 is 1.36. The van der Waals surface area contributed by atoms with Crippen molar-refractivity contribution in [3.05, 3.63) is 23.2 Å². The highest BCUT2D eigenvalue weighted by atomic mass is 32.1. The maximum atomic E-state index is 10.6. The van der Waals surface area contributed by atoms with Gasteiger partial charge in [0.05, 0.1) is 10.6 Å². The minimum absolute atomic E-state index is 0.631. The number of carbonyl (C=O) groups excluding carboxylic acids is 1. The molecule has 0 aliphatic heterocycles. The van der Waals surface area contributed by atoms with Crippen LogP contribution >= 0.6 is 11.3 Å². The zero-order chi connectivity index (χ0) is 10.3. The number of aromatic nitrogens is 3. The molecule has 5 nitrogen and oxygen atoms in total. The van der Waals surface area contributed by atoms with E-state index in [0.717, 1.165) is 16.7 Å². The average molecular weight is 219 g/mol. The van der Waals surface area contributed by atoms with E-state index < -0.39 is 0 Å². The van der Waals surface area contributed by atoms with Crippen molar-refractivity contribution in [3.8, 4) is 11.4 Å². The number of carbonyl (C=O) groups is 1. The Morgan fingerprint density at radius 2 is 2.47 bits per heavy atom. The third-order valence-electron chi connectivity index (χ3n) is 2.04. The fourth-order valence-corrected chi connectivity index (χ4v) is 2.27. The minimum Gasteiger partial charge on any atom is -0.355 e. The molecule has 6 heteroatoms. The van der Waals surface area contributed by atoms with Crippen LogP contribution in [0.3, 0.4) is 0 Å². The molecule has 0 radical (unpaired) electrons. The predicted molar refractivity (Wildman–Crippen MR) is 54.9 cm³/mol. The van der Waals surface area contributed by atoms with Gasteiger partial charge in [-0.25, -0.2) is 0 Å². The number of aromatic amines is 1. The molecule has 0 unspecified atom stereocenters. The lowest BCUT2D eigenvalue weighted by molar-refractivity contribution is 0.112. The number of nitrogens with zero attached hydrogens (tertiary/aromatic N) is 2. The lowest BCUT2D eigenvalue weighted by Crippen LogP contribution is -1.76. The number of aldehydes is 1. The molecule has 3 heterocycles. The van der Waals surface area contributed by atoms with Crippen LogP contribution in [0.4, 0.5) is 0 Å². The molecule has 0 aliphatic rings. The van der Waals surface area contributed by atoms with E-state index in [4.69, 9.17) is 4.52 Å². The molecule has 0 aromatic carbocycles. The molecule has 74 valence electrons. The van der Waals surface area contributed by atoms with E-state index >= 15 is 0 Å². The number of H-pyrrole nitrogens is 1. The normalized spacial score (nSPS) is 10.9. The van der Waals surface area contributed by atoms with E-state index in [1.807, 2.05) is 0 Å². The standard InChI is InChI=1S/C9H5N3O2S/c13-4-5-3-7-9(15-5)8(12-14-7)6-1-2-10-11-6/h1-4H,(H,10,11). The number of rotatable bonds is 2. The quantitative estimate of drug-likeness (QED) is 0.670. The minimum atomic E-state index is 0.631. The molecule has 0 spiro atoms. The Hall–Kier alpha value is -1.95. The highest BCUT2D eigenvalue weighted by Crippen LogP contribution is 2.32. The van der Waals surface area contributed by atoms with Crippen molar-refractivity contribution in [2.75, 3.05) is 0 Å². The van der Waals surface area contributed by atoms with Gasteiger partial charge >= 0.3 is 0 Å². The van der Waals surface area contributed by atoms with Gasteiger partial charge < -0.3 is 4.52 Å². The Kier molecular flexibility index (Phi) is 1.69. The third-order valence-corrected chi connectivity index (χ3v) is 3.09.